The number of carboxylic acid groups (broad SMARTS) is 5. The highest BCUT2D eigenvalue weighted by Gasteiger charge is 2.43. The van der Waals surface area contributed by atoms with E-state index in [1.807, 2.05) is 25.2 Å². The summed E-state index contributed by atoms with van der Waals surface area (Å²) < 4.78 is 14.0. The van der Waals surface area contributed by atoms with Crippen molar-refractivity contribution in [2.45, 2.75) is 231 Å². The molecule has 29 nitrogen and oxygen atoms in total. The molecule has 2 aliphatic heterocycles. The minimum absolute atomic E-state index is 0.00984. The van der Waals surface area contributed by atoms with Gasteiger partial charge < -0.3 is 76.7 Å². The number of carboxylic acids is 5. The Bertz CT molecular complexity index is 4820. The number of phenolic OH excluding ortho intramolecular Hbond substituents is 2. The van der Waals surface area contributed by atoms with E-state index in [1.165, 1.54) is 67.2 Å². The number of aromatic hydroxyl groups is 2. The van der Waals surface area contributed by atoms with Crippen LogP contribution in [0.3, 0.4) is 0 Å². The van der Waals surface area contributed by atoms with Gasteiger partial charge in [-0.05, 0) is 207 Å². The topological polar surface area (TPSA) is 421 Å². The number of Topliss-reactive ketones (excluding diaryl/α,β-unsaturated/α-hetero) is 2. The molecule has 0 bridgehead atoms. The highest BCUT2D eigenvalue weighted by Crippen LogP contribution is 2.49. The molecule has 5 aromatic rings. The number of hydrogen-bond acceptors (Lipinski definition) is 18. The number of nitrogens with one attached hydrogen (secondary N) is 5. The lowest BCUT2D eigenvalue weighted by Gasteiger charge is -2.42. The summed E-state index contributed by atoms with van der Waals surface area (Å²) in [5, 5.41) is 85.4. The number of likely N-dealkylation sites (N-methyl/N-ethyl adjacent to an activating group) is 1. The second-order valence-corrected chi connectivity index (χ2v) is 34.0. The number of hydrogen-bond donors (Lipinski definition) is 12. The lowest BCUT2D eigenvalue weighted by molar-refractivity contribution is -0.141. The molecule has 5 aromatic carbocycles. The number of benzene rings is 5. The number of amides is 5. The van der Waals surface area contributed by atoms with E-state index < -0.39 is 73.9 Å². The molecule has 3 atom stereocenters. The number of unbranched alkanes of at least 4 members (excludes halogenated alkanes) is 4. The van der Waals surface area contributed by atoms with Gasteiger partial charge in [-0.15, -0.1) is 0 Å². The van der Waals surface area contributed by atoms with Crippen LogP contribution >= 0.6 is 0 Å². The fraction of sp³-hybridized carbons (Fsp3) is 0.532. The van der Waals surface area contributed by atoms with Crippen molar-refractivity contribution in [2.24, 2.45) is 0 Å². The molecule has 9 rings (SSSR count). The molecule has 5 amide bonds. The van der Waals surface area contributed by atoms with Crippen molar-refractivity contribution in [3.63, 3.8) is 0 Å². The van der Waals surface area contributed by atoms with Crippen molar-refractivity contribution in [3.05, 3.63) is 168 Å². The molecule has 2 aliphatic carbocycles. The van der Waals surface area contributed by atoms with Gasteiger partial charge in [0.2, 0.25) is 17.2 Å². The van der Waals surface area contributed by atoms with E-state index in [1.54, 1.807) is 39.0 Å². The van der Waals surface area contributed by atoms with Crippen LogP contribution in [0.5, 0.6) is 11.5 Å². The summed E-state index contributed by atoms with van der Waals surface area (Å²) in [5.74, 6) is -6.96. The monoisotopic (exact) mass is 1700 g/mol. The number of carbonyl (C=O) groups is 11. The molecule has 0 aromatic heterocycles. The molecule has 0 saturated carbocycles. The van der Waals surface area contributed by atoms with E-state index in [4.69, 9.17) is 14.6 Å². The zero-order valence-electron chi connectivity index (χ0n) is 72.4. The van der Waals surface area contributed by atoms with E-state index >= 15 is 0 Å². The van der Waals surface area contributed by atoms with Gasteiger partial charge in [-0.3, -0.25) is 48.2 Å². The molecule has 123 heavy (non-hydrogen) atoms. The molecule has 2 heterocycles. The number of aliphatic carboxylic acids is 5. The van der Waals surface area contributed by atoms with Crippen LogP contribution < -0.4 is 41.7 Å². The van der Waals surface area contributed by atoms with Gasteiger partial charge in [-0.25, -0.2) is 19.0 Å². The standard InChI is InChI=1S/C94H125N9O20/c1-8-103-78-54-74-72(53-71(78)60(2)55-93(103,3)4)87(73-52-63-39-41-95-75-27-17-25-70(86(63)75)88(73)94(74,5)6)68-23-13-14-24-69(68)89(116)100(7)43-18-21-66(104)22-19-46-122-48-49-123-47-42-97-82(109)37-32-62-31-36-80(107)65(51-62)57-102(59-85(114)115)45-44-101(58-84(112)113)56-64-50-61(30-35-79(64)106)29-33-67(105)20-11-9-10-12-28-81(108)96-40-16-15-26-76(90(117)118)98-92(121)99-77(91(119)120)34-38-83(110)111/h13-14,23-24,30-31,35-36,50-55,75-77,95H,8-12,15-22,25-29,32-34,37-49,56-59H2,1-7H3,(H10-,96,97,98,99,106,107,108,109,110,111,112,113,114,115,117,118,119,120,121)/p+1. The minimum atomic E-state index is -1.53. The van der Waals surface area contributed by atoms with Gasteiger partial charge in [0, 0.05) is 158 Å². The first-order chi connectivity index (χ1) is 58.7. The number of nitrogens with zero attached hydrogens (tertiary/aromatic N) is 4. The Morgan fingerprint density at radius 1 is 0.585 bits per heavy atom. The molecule has 0 spiro atoms. The Morgan fingerprint density at radius 3 is 1.82 bits per heavy atom. The van der Waals surface area contributed by atoms with Gasteiger partial charge in [0.1, 0.15) is 41.7 Å². The van der Waals surface area contributed by atoms with Crippen molar-refractivity contribution >= 4 is 76.3 Å². The van der Waals surface area contributed by atoms with Gasteiger partial charge in [-0.2, -0.15) is 0 Å². The first kappa shape index (κ1) is 96.1. The Kier molecular flexibility index (Phi) is 36.0. The molecule has 0 saturated heterocycles. The first-order valence-corrected chi connectivity index (χ1v) is 43.5. The third kappa shape index (κ3) is 27.6. The van der Waals surface area contributed by atoms with Crippen LogP contribution in [0.2, 0.25) is 0 Å². The quantitative estimate of drug-likeness (QED) is 0.0128. The average molecular weight is 1700 g/mol. The van der Waals surface area contributed by atoms with Crippen LogP contribution in [0.4, 0.5) is 4.79 Å². The fourth-order valence-electron chi connectivity index (χ4n) is 17.7. The Balaban J connectivity index is 0.639. The molecule has 12 N–H and O–H groups in total. The summed E-state index contributed by atoms with van der Waals surface area (Å²) >= 11 is 0. The third-order valence-corrected chi connectivity index (χ3v) is 23.9. The predicted molar refractivity (Wildman–Crippen MR) is 464 cm³/mol. The lowest BCUT2D eigenvalue weighted by Crippen LogP contribution is -2.51. The second kappa shape index (κ2) is 46.1. The van der Waals surface area contributed by atoms with Crippen molar-refractivity contribution in [1.29, 1.82) is 0 Å². The van der Waals surface area contributed by atoms with Crippen LogP contribution in [0, 0.1) is 0 Å². The van der Waals surface area contributed by atoms with Crippen molar-refractivity contribution in [1.82, 2.24) is 45.9 Å². The number of ether oxygens (including phenoxy) is 2. The van der Waals surface area contributed by atoms with E-state index in [2.05, 4.69) is 103 Å². The minimum Gasteiger partial charge on any atom is -0.508 e. The summed E-state index contributed by atoms with van der Waals surface area (Å²) in [6.07, 6.45) is 12.3. The maximum Gasteiger partial charge on any atom is 0.326 e. The lowest BCUT2D eigenvalue weighted by atomic mass is 9.63. The second-order valence-electron chi connectivity index (χ2n) is 34.0. The summed E-state index contributed by atoms with van der Waals surface area (Å²) in [7, 11) is 1.83. The van der Waals surface area contributed by atoms with Gasteiger partial charge in [0.15, 0.2) is 5.54 Å². The van der Waals surface area contributed by atoms with Crippen LogP contribution in [0.25, 0.3) is 11.1 Å². The first-order valence-electron chi connectivity index (χ1n) is 43.5. The van der Waals surface area contributed by atoms with E-state index in [-0.39, 0.29) is 130 Å². The molecule has 666 valence electrons. The fourth-order valence-corrected chi connectivity index (χ4v) is 17.7. The highest BCUT2D eigenvalue weighted by atomic mass is 16.5. The SMILES string of the molecule is CC[N+]1=c2cc3c(cc2C(C)=CC1(C)C)=C(c1ccccc1C(=O)N(C)CCCC(=O)CCCOCCOCCNC(=O)CCc1ccc(O)c(CN(CCN(CC(=O)O)Cc2cc(CCC(=O)CCCCCCC(=O)NCCCCC(NC(=O)NC(CCC(=O)O)C(=O)O)C(=O)O)ccc2O)CC(=O)O)c1)c1cc2c4c(c1C3(C)C)CCCC4NCC2. The number of ketones is 2. The number of allylic oxidation sites excluding steroid dienone is 1. The maximum absolute atomic E-state index is 14.9. The van der Waals surface area contributed by atoms with Crippen molar-refractivity contribution in [3.8, 4) is 11.5 Å². The summed E-state index contributed by atoms with van der Waals surface area (Å²) in [6, 6.07) is 21.6. The Morgan fingerprint density at radius 2 is 1.18 bits per heavy atom. The van der Waals surface area contributed by atoms with Crippen LogP contribution in [0.1, 0.15) is 247 Å². The van der Waals surface area contributed by atoms with Crippen molar-refractivity contribution < 1.29 is 98.0 Å². The molecule has 29 heteroatoms. The molecular formula is C94H126N9O20+. The maximum atomic E-state index is 14.9. The third-order valence-electron chi connectivity index (χ3n) is 23.9. The molecule has 0 fully saturated rings. The number of aryl methyl sites for hydroxylation is 2. The van der Waals surface area contributed by atoms with Gasteiger partial charge in [0.05, 0.1) is 32.9 Å². The van der Waals surface area contributed by atoms with E-state index in [0.717, 1.165) is 55.5 Å². The van der Waals surface area contributed by atoms with E-state index in [0.29, 0.717) is 132 Å². The van der Waals surface area contributed by atoms with Crippen LogP contribution in [-0.4, -0.2) is 226 Å². The number of phenols is 2. The molecule has 0 radical (unpaired) electrons. The van der Waals surface area contributed by atoms with Crippen molar-refractivity contribution in [2.75, 3.05) is 92.4 Å². The summed E-state index contributed by atoms with van der Waals surface area (Å²) in [4.78, 5) is 142. The molecule has 4 aliphatic rings. The van der Waals surface area contributed by atoms with Gasteiger partial charge in [0.25, 0.3) is 5.91 Å². The number of urea groups is 1. The predicted octanol–water partition coefficient (Wildman–Crippen LogP) is 8.87. The smallest absolute Gasteiger partial charge is 0.326 e. The Hall–Kier alpha value is -10.7. The number of fused-ring (bicyclic) bond motifs is 4. The van der Waals surface area contributed by atoms with Gasteiger partial charge >= 0.3 is 35.9 Å². The summed E-state index contributed by atoms with van der Waals surface area (Å²) in [5.41, 5.74) is 15.2. The highest BCUT2D eigenvalue weighted by molar-refractivity contribution is 6.02. The largest absolute Gasteiger partial charge is 0.508 e. The molecular weight excluding hydrogens is 1580 g/mol. The zero-order valence-corrected chi connectivity index (χ0v) is 72.4. The zero-order chi connectivity index (χ0) is 89.1. The summed E-state index contributed by atoms with van der Waals surface area (Å²) in [6.45, 7) is 17.0. The number of carbonyl (C=O) groups excluding carboxylic acids is 6. The molecule has 3 unspecified atom stereocenters. The normalized spacial score (nSPS) is 15.2. The average Bonchev–Trinajstić information content (AvgIpc) is 0.692. The van der Waals surface area contributed by atoms with Crippen LogP contribution in [0.15, 0.2) is 84.9 Å². The van der Waals surface area contributed by atoms with Crippen LogP contribution in [-0.2, 0) is 96.8 Å². The Labute approximate surface area is 719 Å². The van der Waals surface area contributed by atoms with Gasteiger partial charge in [-0.1, -0.05) is 75.2 Å². The van der Waals surface area contributed by atoms with E-state index in [9.17, 15) is 83.4 Å². The number of rotatable bonds is 53.